The molecule has 4 aliphatic rings. The summed E-state index contributed by atoms with van der Waals surface area (Å²) < 4.78 is 24.4. The number of hydrogen-bond acceptors (Lipinski definition) is 14. The van der Waals surface area contributed by atoms with Crippen molar-refractivity contribution in [1.29, 1.82) is 0 Å². The first-order valence-corrected chi connectivity index (χ1v) is 44.5. The van der Waals surface area contributed by atoms with E-state index in [1.807, 2.05) is 328 Å². The van der Waals surface area contributed by atoms with E-state index in [9.17, 15) is 68.9 Å². The largest absolute Gasteiger partial charge is 0.481 e. The van der Waals surface area contributed by atoms with Gasteiger partial charge in [-0.15, -0.1) is 6.42 Å². The predicted molar refractivity (Wildman–Crippen MR) is 513 cm³/mol. The van der Waals surface area contributed by atoms with Gasteiger partial charge in [-0.2, -0.15) is 0 Å². The number of nitro benzene ring substituents is 1. The van der Waals surface area contributed by atoms with Crippen LogP contribution in [0, 0.1) is 80.3 Å². The molecule has 4 saturated carbocycles. The Balaban J connectivity index is 0.000000130. The number of para-hydroxylation sites is 3. The Morgan fingerprint density at radius 3 is 1.02 bits per heavy atom. The number of carboxylic acids is 4. The number of aryl methyl sites for hydroxylation is 1. The van der Waals surface area contributed by atoms with Crippen LogP contribution in [0.2, 0.25) is 0 Å². The average molecular weight is 1870 g/mol. The quantitative estimate of drug-likeness (QED) is 0.0122. The maximum Gasteiger partial charge on any atom is 0.315 e. The second kappa shape index (κ2) is 40.9. The average Bonchev–Trinajstić information content (AvgIpc) is 0.723. The Bertz CT molecular complexity index is 6690. The van der Waals surface area contributed by atoms with Crippen molar-refractivity contribution >= 4 is 97.6 Å². The third kappa shape index (κ3) is 18.9. The van der Waals surface area contributed by atoms with Gasteiger partial charge in [-0.3, -0.25) is 48.5 Å². The van der Waals surface area contributed by atoms with E-state index in [-0.39, 0.29) is 11.3 Å². The molecule has 0 spiro atoms. The number of carboxylic acid groups (broad SMARTS) is 4. The monoisotopic (exact) mass is 1870 g/mol. The Hall–Kier alpha value is -15.7. The smallest absolute Gasteiger partial charge is 0.315 e. The van der Waals surface area contributed by atoms with Gasteiger partial charge >= 0.3 is 47.8 Å². The summed E-state index contributed by atoms with van der Waals surface area (Å²) in [5.74, 6) is -11.6. The molecule has 0 heterocycles. The van der Waals surface area contributed by atoms with E-state index in [0.717, 1.165) is 80.7 Å². The summed E-state index contributed by atoms with van der Waals surface area (Å²) in [6, 6.07) is 118. The Morgan fingerprint density at radius 2 is 0.594 bits per heavy atom. The second-order valence-electron chi connectivity index (χ2n) is 33.2. The van der Waals surface area contributed by atoms with E-state index < -0.39 is 147 Å². The van der Waals surface area contributed by atoms with Crippen LogP contribution >= 0.6 is 22.6 Å². The first kappa shape index (κ1) is 90.6. The molecule has 0 amide bonds. The zero-order valence-corrected chi connectivity index (χ0v) is 73.8. The summed E-state index contributed by atoms with van der Waals surface area (Å²) >= 11 is 2.12. The van der Waals surface area contributed by atoms with Crippen molar-refractivity contribution < 1.29 is 82.7 Å². The van der Waals surface area contributed by atoms with Crippen LogP contribution in [0.5, 0.6) is 23.0 Å². The molecule has 0 radical (unpaired) electrons. The lowest BCUT2D eigenvalue weighted by molar-refractivity contribution is -0.386. The third-order valence-electron chi connectivity index (χ3n) is 26.0. The molecule has 0 aliphatic heterocycles. The molecule has 20 heteroatoms. The molecule has 19 rings (SSSR count). The predicted octanol–water partition coefficient (Wildman–Crippen LogP) is 22.7. The van der Waals surface area contributed by atoms with Crippen molar-refractivity contribution in [2.45, 2.75) is 54.3 Å². The summed E-state index contributed by atoms with van der Waals surface area (Å²) in [4.78, 5) is 115. The molecular weight excluding hydrogens is 1790 g/mol. The first-order chi connectivity index (χ1) is 64.7. The van der Waals surface area contributed by atoms with Crippen molar-refractivity contribution in [2.75, 3.05) is 0 Å². The van der Waals surface area contributed by atoms with Gasteiger partial charge in [0.25, 0.3) is 5.69 Å². The van der Waals surface area contributed by atoms with Crippen molar-refractivity contribution in [1.82, 2.24) is 0 Å². The highest BCUT2D eigenvalue weighted by atomic mass is 127. The van der Waals surface area contributed by atoms with Gasteiger partial charge in [-0.05, 0) is 121 Å². The molecule has 15 aromatic rings. The summed E-state index contributed by atoms with van der Waals surface area (Å²) in [6.07, 6.45) is 5.64. The number of esters is 4. The van der Waals surface area contributed by atoms with E-state index in [1.165, 1.54) is 18.2 Å². The second-order valence-corrected chi connectivity index (χ2v) is 34.3. The van der Waals surface area contributed by atoms with Crippen molar-refractivity contribution in [3.05, 3.63) is 458 Å². The highest BCUT2D eigenvalue weighted by molar-refractivity contribution is 14.1. The fourth-order valence-corrected chi connectivity index (χ4v) is 20.5. The molecule has 0 aromatic heterocycles. The normalized spacial score (nSPS) is 21.6. The van der Waals surface area contributed by atoms with E-state index >= 15 is 0 Å². The molecule has 10 atom stereocenters. The highest BCUT2D eigenvalue weighted by Gasteiger charge is 2.64. The number of benzene rings is 15. The zero-order valence-electron chi connectivity index (χ0n) is 71.6. The molecule has 4 aliphatic carbocycles. The van der Waals surface area contributed by atoms with Crippen molar-refractivity contribution in [3.63, 3.8) is 0 Å². The molecule has 0 saturated heterocycles. The van der Waals surface area contributed by atoms with Gasteiger partial charge in [0.2, 0.25) is 0 Å². The van der Waals surface area contributed by atoms with E-state index in [1.54, 1.807) is 48.5 Å². The minimum Gasteiger partial charge on any atom is -0.481 e. The number of aliphatic carboxylic acids is 4. The number of nitrogens with zero attached hydrogens (tertiary/aromatic N) is 1. The molecular formula is C113H88INO18. The fraction of sp³-hybridized carbons (Fsp3) is 0.150. The summed E-state index contributed by atoms with van der Waals surface area (Å²) in [6.45, 7) is 1.86. The van der Waals surface area contributed by atoms with Crippen molar-refractivity contribution in [2.24, 2.45) is 47.3 Å². The van der Waals surface area contributed by atoms with Gasteiger partial charge in [0.15, 0.2) is 0 Å². The fourth-order valence-electron chi connectivity index (χ4n) is 20.0. The number of terminal acetylenes is 1. The number of ether oxygens (including phenoxy) is 4. The number of carbonyl (C=O) groups excluding carboxylic acids is 4. The van der Waals surface area contributed by atoms with Gasteiger partial charge in [0.1, 0.15) is 23.0 Å². The van der Waals surface area contributed by atoms with Gasteiger partial charge in [0, 0.05) is 86.3 Å². The SMILES string of the molecule is C#Cc1cccc2c(OC(=O)C3[C@@H](c4ccccc4)C(C(=O)O)[C@@H]3c3ccccc3)cccc12.Cc1ccccc1[C@H]1[C@@H](C(=O)O)[C@H](c2ccccc2[N+](=O)[O-])[C@@H]1C(=O)Oc1cccc2ccccc12.O=C(O)C1[C@H](c2ccccc2)C(C(=O)Oc2ccccc2-c2ccccc2)[C@H]1c1ccccc1.O=C(O)C1[C@H](c2ccccc2)C(C(=O)Oc2ccccc2I)[C@H]1c1ccccc1. The molecule has 660 valence electrons. The minimum atomic E-state index is -1.11. The first-order valence-electron chi connectivity index (χ1n) is 43.4. The molecule has 19 nitrogen and oxygen atoms in total. The van der Waals surface area contributed by atoms with Crippen molar-refractivity contribution in [3.8, 4) is 46.5 Å². The summed E-state index contributed by atoms with van der Waals surface area (Å²) in [5.41, 5.74) is 9.05. The molecule has 4 fully saturated rings. The number of halogens is 1. The maximum absolute atomic E-state index is 13.8. The van der Waals surface area contributed by atoms with E-state index in [4.69, 9.17) is 25.4 Å². The lowest BCUT2D eigenvalue weighted by Crippen LogP contribution is -2.52. The number of fused-ring (bicyclic) bond motifs is 2. The zero-order chi connectivity index (χ0) is 92.9. The van der Waals surface area contributed by atoms with Crippen LogP contribution in [0.1, 0.15) is 103 Å². The molecule has 0 unspecified atom stereocenters. The van der Waals surface area contributed by atoms with Gasteiger partial charge in [0.05, 0.1) is 55.8 Å². The van der Waals surface area contributed by atoms with Crippen LogP contribution < -0.4 is 18.9 Å². The van der Waals surface area contributed by atoms with Crippen LogP contribution in [0.4, 0.5) is 5.69 Å². The van der Waals surface area contributed by atoms with Crippen LogP contribution in [0.25, 0.3) is 32.7 Å². The van der Waals surface area contributed by atoms with Gasteiger partial charge < -0.3 is 39.4 Å². The van der Waals surface area contributed by atoms with Crippen LogP contribution in [0.3, 0.4) is 0 Å². The van der Waals surface area contributed by atoms with E-state index in [2.05, 4.69) is 28.5 Å². The minimum absolute atomic E-state index is 0.208. The van der Waals surface area contributed by atoms with Gasteiger partial charge in [-0.1, -0.05) is 352 Å². The van der Waals surface area contributed by atoms with Gasteiger partial charge in [-0.25, -0.2) is 0 Å². The molecule has 133 heavy (non-hydrogen) atoms. The summed E-state index contributed by atoms with van der Waals surface area (Å²) in [5, 5.41) is 55.5. The molecule has 0 bridgehead atoms. The Labute approximate surface area is 780 Å². The topological polar surface area (TPSA) is 298 Å². The highest BCUT2D eigenvalue weighted by Crippen LogP contribution is 2.63. The maximum atomic E-state index is 13.8. The van der Waals surface area contributed by atoms with Crippen LogP contribution in [-0.4, -0.2) is 73.1 Å². The molecule has 4 N–H and O–H groups in total. The number of nitro groups is 1. The van der Waals surface area contributed by atoms with Crippen LogP contribution in [-0.2, 0) is 38.4 Å². The lowest BCUT2D eigenvalue weighted by Gasteiger charge is -2.49. The Morgan fingerprint density at radius 1 is 0.301 bits per heavy atom. The molecule has 15 aromatic carbocycles. The summed E-state index contributed by atoms with van der Waals surface area (Å²) in [7, 11) is 0. The third-order valence-corrected chi connectivity index (χ3v) is 26.9. The standard InChI is InChI=1S/C30H24O4.C30H22O4.C29H23NO6.C24H19IO4/c31-29(32)27-25(21-14-6-2-7-15-21)28(26(27)22-16-8-3-9-17-22)30(33)34-24-19-11-10-18-23(24)20-12-4-1-5-13-20;1-2-19-15-9-17-23-22(19)16-10-18-24(23)34-30(33)28-25(20-11-5-3-6-12-20)27(29(31)32)26(28)21-13-7-4-8-14-21;1-17-9-2-4-12-19(17)24-26(28(31)32)25(21-14-6-7-15-22(21)30(34)35)27(24)29(33)36-23-16-8-11-18-10-3-5-13-20(18)23;25-17-13-7-8-14-18(17)29-24(28)22-19(15-9-3-1-4-10-15)21(23(26)27)20(22)16-11-5-2-6-12-16/h1-19,25-28H,(H,31,32);1,3-18,25-28H,(H,31,32);2-16,24-27H,1H3,(H,31,32);1-14,19-22H,(H,26,27)/t2*25-,26-,27?,28?;24-,25-,26+,27+;19-,20-,21?,22?/m0000/s1. The Kier molecular flexibility index (Phi) is 27.9. The number of hydrogen-bond donors (Lipinski definition) is 4. The van der Waals surface area contributed by atoms with E-state index in [0.29, 0.717) is 28.6 Å². The number of carbonyl (C=O) groups is 8. The lowest BCUT2D eigenvalue weighted by atomic mass is 9.52. The van der Waals surface area contributed by atoms with Crippen LogP contribution in [0.15, 0.2) is 388 Å². The number of rotatable bonds is 22.